The number of rotatable bonds is 6. The van der Waals surface area contributed by atoms with Crippen molar-refractivity contribution in [1.82, 2.24) is 10.2 Å². The summed E-state index contributed by atoms with van der Waals surface area (Å²) < 4.78 is 37.9. The van der Waals surface area contributed by atoms with Gasteiger partial charge in [0, 0.05) is 25.6 Å². The van der Waals surface area contributed by atoms with Gasteiger partial charge in [0.25, 0.3) is 0 Å². The van der Waals surface area contributed by atoms with Crippen LogP contribution in [0.4, 0.5) is 13.2 Å². The van der Waals surface area contributed by atoms with Gasteiger partial charge in [-0.1, -0.05) is 19.1 Å². The lowest BCUT2D eigenvalue weighted by atomic mass is 9.95. The molecule has 2 fully saturated rings. The van der Waals surface area contributed by atoms with Crippen molar-refractivity contribution in [3.63, 3.8) is 0 Å². The van der Waals surface area contributed by atoms with Gasteiger partial charge in [0.1, 0.15) is 0 Å². The minimum absolute atomic E-state index is 0. The quantitative estimate of drug-likeness (QED) is 0.750. The maximum atomic E-state index is 12.6. The van der Waals surface area contributed by atoms with E-state index in [1.54, 1.807) is 0 Å². The Labute approximate surface area is 165 Å². The second-order valence-electron chi connectivity index (χ2n) is 7.73. The number of hydrogen-bond donors (Lipinski definition) is 1. The molecule has 0 aromatic heterocycles. The monoisotopic (exact) mass is 404 g/mol. The van der Waals surface area contributed by atoms with Crippen molar-refractivity contribution in [1.29, 1.82) is 0 Å². The summed E-state index contributed by atoms with van der Waals surface area (Å²) in [4.78, 5) is 14.4. The molecular weight excluding hydrogens is 377 g/mol. The van der Waals surface area contributed by atoms with Gasteiger partial charge in [-0.15, -0.1) is 12.4 Å². The van der Waals surface area contributed by atoms with E-state index >= 15 is 0 Å². The minimum atomic E-state index is -4.32. The number of carbonyl (C=O) groups excluding carboxylic acids is 1. The third-order valence-corrected chi connectivity index (χ3v) is 5.53. The van der Waals surface area contributed by atoms with Gasteiger partial charge < -0.3 is 10.2 Å². The molecule has 27 heavy (non-hydrogen) atoms. The van der Waals surface area contributed by atoms with Crippen molar-refractivity contribution in [2.45, 2.75) is 57.2 Å². The topological polar surface area (TPSA) is 32.3 Å². The van der Waals surface area contributed by atoms with Crippen LogP contribution in [-0.2, 0) is 11.0 Å². The van der Waals surface area contributed by atoms with Crippen LogP contribution in [0.5, 0.6) is 0 Å². The molecule has 1 saturated heterocycles. The van der Waals surface area contributed by atoms with E-state index in [1.165, 1.54) is 25.0 Å². The summed E-state index contributed by atoms with van der Waals surface area (Å²) in [5.74, 6) is 0.868. The Kier molecular flexibility index (Phi) is 7.57. The number of hydrogen-bond acceptors (Lipinski definition) is 2. The summed E-state index contributed by atoms with van der Waals surface area (Å²) in [6, 6.07) is 5.65. The van der Waals surface area contributed by atoms with Crippen LogP contribution in [0.25, 0.3) is 0 Å². The molecule has 1 atom stereocenters. The summed E-state index contributed by atoms with van der Waals surface area (Å²) in [5, 5.41) is 3.60. The fourth-order valence-corrected chi connectivity index (χ4v) is 3.50. The molecule has 2 aliphatic rings. The van der Waals surface area contributed by atoms with E-state index < -0.39 is 11.7 Å². The lowest BCUT2D eigenvalue weighted by Gasteiger charge is -2.33. The average Bonchev–Trinajstić information content (AvgIpc) is 3.44. The van der Waals surface area contributed by atoms with Crippen LogP contribution in [0.3, 0.4) is 0 Å². The number of amides is 1. The summed E-state index contributed by atoms with van der Waals surface area (Å²) in [6.07, 6.45) is 0.652. The fourth-order valence-electron chi connectivity index (χ4n) is 3.50. The molecule has 1 aliphatic carbocycles. The first-order valence-electron chi connectivity index (χ1n) is 9.51. The molecule has 1 aromatic carbocycles. The van der Waals surface area contributed by atoms with Gasteiger partial charge in [0.15, 0.2) is 0 Å². The van der Waals surface area contributed by atoms with Crippen LogP contribution in [0, 0.1) is 5.92 Å². The second kappa shape index (κ2) is 9.28. The van der Waals surface area contributed by atoms with E-state index in [-0.39, 0.29) is 24.2 Å². The third-order valence-electron chi connectivity index (χ3n) is 5.53. The highest BCUT2D eigenvalue weighted by Gasteiger charge is 2.30. The molecule has 3 rings (SSSR count). The molecule has 152 valence electrons. The smallest absolute Gasteiger partial charge is 0.343 e. The molecule has 1 aliphatic heterocycles. The van der Waals surface area contributed by atoms with Gasteiger partial charge in [-0.05, 0) is 61.8 Å². The zero-order valence-electron chi connectivity index (χ0n) is 15.6. The zero-order chi connectivity index (χ0) is 18.7. The Balaban J connectivity index is 0.00000261. The first-order chi connectivity index (χ1) is 12.3. The van der Waals surface area contributed by atoms with Crippen LogP contribution in [0.15, 0.2) is 24.3 Å². The molecular formula is C20H28ClF3N2O. The minimum Gasteiger partial charge on any atom is -0.343 e. The van der Waals surface area contributed by atoms with Gasteiger partial charge in [0.2, 0.25) is 5.91 Å². The highest BCUT2D eigenvalue weighted by atomic mass is 35.5. The molecule has 3 nitrogen and oxygen atoms in total. The van der Waals surface area contributed by atoms with Crippen LogP contribution in [-0.4, -0.2) is 36.5 Å². The summed E-state index contributed by atoms with van der Waals surface area (Å²) in [6.45, 7) is 4.52. The van der Waals surface area contributed by atoms with Crippen molar-refractivity contribution in [3.05, 3.63) is 35.4 Å². The Morgan fingerprint density at radius 1 is 1.15 bits per heavy atom. The number of piperidine rings is 1. The van der Waals surface area contributed by atoms with Crippen LogP contribution < -0.4 is 5.32 Å². The maximum Gasteiger partial charge on any atom is 0.416 e. The van der Waals surface area contributed by atoms with E-state index in [1.807, 2.05) is 11.8 Å². The van der Waals surface area contributed by atoms with E-state index in [2.05, 4.69) is 5.32 Å². The van der Waals surface area contributed by atoms with Crippen molar-refractivity contribution >= 4 is 18.3 Å². The van der Waals surface area contributed by atoms with Crippen molar-refractivity contribution in [2.24, 2.45) is 5.92 Å². The van der Waals surface area contributed by atoms with Crippen LogP contribution >= 0.6 is 12.4 Å². The molecule has 1 aromatic rings. The predicted molar refractivity (Wildman–Crippen MR) is 102 cm³/mol. The summed E-state index contributed by atoms with van der Waals surface area (Å²) in [7, 11) is 0. The number of carbonyl (C=O) groups is 1. The third kappa shape index (κ3) is 6.39. The fraction of sp³-hybridized carbons (Fsp3) is 0.650. The van der Waals surface area contributed by atoms with Crippen LogP contribution in [0.1, 0.15) is 56.1 Å². The molecule has 1 unspecified atom stereocenters. The molecule has 1 saturated carbocycles. The zero-order valence-corrected chi connectivity index (χ0v) is 16.4. The predicted octanol–water partition coefficient (Wildman–Crippen LogP) is 4.61. The Morgan fingerprint density at radius 3 is 2.26 bits per heavy atom. The van der Waals surface area contributed by atoms with Crippen molar-refractivity contribution in [3.8, 4) is 0 Å². The lowest BCUT2D eigenvalue weighted by Crippen LogP contribution is -2.45. The first kappa shape index (κ1) is 22.0. The Bertz CT molecular complexity index is 609. The second-order valence-corrected chi connectivity index (χ2v) is 7.73. The van der Waals surface area contributed by atoms with E-state index in [4.69, 9.17) is 0 Å². The first-order valence-corrected chi connectivity index (χ1v) is 9.51. The molecule has 1 N–H and O–H groups in total. The summed E-state index contributed by atoms with van der Waals surface area (Å²) >= 11 is 0. The van der Waals surface area contributed by atoms with Gasteiger partial charge in [-0.2, -0.15) is 13.2 Å². The Morgan fingerprint density at radius 2 is 1.74 bits per heavy atom. The van der Waals surface area contributed by atoms with Gasteiger partial charge in [-0.3, -0.25) is 4.79 Å². The number of alkyl halides is 3. The molecule has 7 heteroatoms. The van der Waals surface area contributed by atoms with E-state index in [0.29, 0.717) is 12.5 Å². The average molecular weight is 405 g/mol. The largest absolute Gasteiger partial charge is 0.416 e. The number of nitrogens with one attached hydrogen (secondary N) is 1. The maximum absolute atomic E-state index is 12.6. The normalized spacial score (nSPS) is 19.5. The van der Waals surface area contributed by atoms with Crippen molar-refractivity contribution < 1.29 is 18.0 Å². The van der Waals surface area contributed by atoms with Gasteiger partial charge in [0.05, 0.1) is 5.56 Å². The summed E-state index contributed by atoms with van der Waals surface area (Å²) in [5.41, 5.74) is 0.118. The Hall–Kier alpha value is -1.27. The molecule has 1 amide bonds. The molecule has 0 bridgehead atoms. The standard InChI is InChI=1S/C20H27F3N2O.ClH/c1-14(16-4-6-17(7-5-16)20(21,22)23)12-19(26)25-10-8-18(9-11-25)24-13-15-2-3-15;/h4-7,14-15,18,24H,2-3,8-13H2,1H3;1H. The SMILES string of the molecule is CC(CC(=O)N1CCC(NCC2CC2)CC1)c1ccc(C(F)(F)F)cc1.Cl. The van der Waals surface area contributed by atoms with Crippen molar-refractivity contribution in [2.75, 3.05) is 19.6 Å². The van der Waals surface area contributed by atoms with Gasteiger partial charge >= 0.3 is 6.18 Å². The molecule has 0 spiro atoms. The number of halogens is 4. The highest BCUT2D eigenvalue weighted by Crippen LogP contribution is 2.31. The number of nitrogens with zero attached hydrogens (tertiary/aromatic N) is 1. The number of benzene rings is 1. The molecule has 0 radical (unpaired) electrons. The van der Waals surface area contributed by atoms with Gasteiger partial charge in [-0.25, -0.2) is 0 Å². The number of likely N-dealkylation sites (tertiary alicyclic amines) is 1. The molecule has 1 heterocycles. The lowest BCUT2D eigenvalue weighted by molar-refractivity contribution is -0.137. The van der Waals surface area contributed by atoms with Crippen LogP contribution in [0.2, 0.25) is 0 Å². The van der Waals surface area contributed by atoms with E-state index in [9.17, 15) is 18.0 Å². The van der Waals surface area contributed by atoms with E-state index in [0.717, 1.165) is 56.1 Å². The highest BCUT2D eigenvalue weighted by molar-refractivity contribution is 5.85.